The highest BCUT2D eigenvalue weighted by Crippen LogP contribution is 2.23. The van der Waals surface area contributed by atoms with Crippen LogP contribution in [0.4, 0.5) is 11.4 Å². The van der Waals surface area contributed by atoms with E-state index in [1.807, 2.05) is 38.1 Å². The molecule has 0 N–H and O–H groups in total. The molecule has 1 unspecified atom stereocenters. The Morgan fingerprint density at radius 2 is 1.07 bits per heavy atom. The number of benzene rings is 4. The van der Waals surface area contributed by atoms with Gasteiger partial charge in [-0.1, -0.05) is 58.2 Å². The van der Waals surface area contributed by atoms with Gasteiger partial charge >= 0.3 is 23.9 Å². The molecule has 0 aliphatic carbocycles. The fraction of sp³-hybridized carbons (Fsp3) is 0.318. The minimum absolute atomic E-state index is 0.0332. The summed E-state index contributed by atoms with van der Waals surface area (Å²) in [5.74, 6) is -0.407. The molecule has 4 aromatic carbocycles. The van der Waals surface area contributed by atoms with E-state index in [1.165, 1.54) is 24.3 Å². The van der Waals surface area contributed by atoms with Gasteiger partial charge in [0.25, 0.3) is 0 Å². The first kappa shape index (κ1) is 41.7. The van der Waals surface area contributed by atoms with Gasteiger partial charge in [0.1, 0.15) is 17.2 Å². The van der Waals surface area contributed by atoms with Gasteiger partial charge in [0.05, 0.1) is 48.2 Å². The zero-order chi connectivity index (χ0) is 39.3. The van der Waals surface area contributed by atoms with E-state index in [9.17, 15) is 19.2 Å². The predicted molar refractivity (Wildman–Crippen MR) is 208 cm³/mol. The average molecular weight is 749 g/mol. The van der Waals surface area contributed by atoms with Crippen LogP contribution < -0.4 is 14.2 Å². The van der Waals surface area contributed by atoms with Crippen LogP contribution in [-0.2, 0) is 25.5 Å². The summed E-state index contributed by atoms with van der Waals surface area (Å²) in [6, 6.07) is 26.9. The lowest BCUT2D eigenvalue weighted by molar-refractivity contribution is -0.148. The van der Waals surface area contributed by atoms with Crippen LogP contribution in [0.1, 0.15) is 85.1 Å². The summed E-state index contributed by atoms with van der Waals surface area (Å²) in [6.45, 7) is 8.58. The van der Waals surface area contributed by atoms with Crippen molar-refractivity contribution in [2.24, 2.45) is 16.1 Å². The van der Waals surface area contributed by atoms with Crippen LogP contribution in [0.2, 0.25) is 0 Å². The molecule has 0 aliphatic rings. The first-order valence-electron chi connectivity index (χ1n) is 18.6. The zero-order valence-electron chi connectivity index (χ0n) is 31.4. The quantitative estimate of drug-likeness (QED) is 0.0253. The number of hydrogen-bond acceptors (Lipinski definition) is 11. The number of unbranched alkanes of at least 4 members (excludes halogenated alkanes) is 5. The van der Waals surface area contributed by atoms with Crippen LogP contribution in [0.5, 0.6) is 17.2 Å². The molecular weight excluding hydrogens is 700 g/mol. The highest BCUT2D eigenvalue weighted by atomic mass is 16.5. The summed E-state index contributed by atoms with van der Waals surface area (Å²) in [4.78, 5) is 48.3. The molecule has 0 aromatic heterocycles. The Bertz CT molecular complexity index is 1850. The molecule has 0 heterocycles. The van der Waals surface area contributed by atoms with E-state index in [0.29, 0.717) is 48.1 Å². The van der Waals surface area contributed by atoms with Crippen LogP contribution in [0.3, 0.4) is 0 Å². The third kappa shape index (κ3) is 15.0. The smallest absolute Gasteiger partial charge is 0.343 e. The normalized spacial score (nSPS) is 11.4. The molecule has 0 saturated heterocycles. The second-order valence-electron chi connectivity index (χ2n) is 12.8. The Morgan fingerprint density at radius 1 is 0.600 bits per heavy atom. The Kier molecular flexibility index (Phi) is 17.3. The second-order valence-corrected chi connectivity index (χ2v) is 12.8. The number of azo groups is 1. The van der Waals surface area contributed by atoms with Crippen molar-refractivity contribution in [3.8, 4) is 17.2 Å². The standard InChI is InChI=1S/C44H48N2O9/c1-4-32(3)42(48)53-30-11-9-7-6-8-10-29-51-38-22-14-34(15-23-38)43(49)54-39-24-16-35(17-25-39)44(50)55-40-26-20-37(21-27-40)46-45-36-18-12-33(13-19-36)28-31-52-41(47)5-2/h5,12-27,32H,2,4,6-11,28-31H2,1,3H3. The van der Waals surface area contributed by atoms with Crippen LogP contribution in [-0.4, -0.2) is 43.7 Å². The third-order valence-corrected chi connectivity index (χ3v) is 8.52. The van der Waals surface area contributed by atoms with E-state index in [2.05, 4.69) is 16.8 Å². The predicted octanol–water partition coefficient (Wildman–Crippen LogP) is 10.1. The van der Waals surface area contributed by atoms with E-state index >= 15 is 0 Å². The largest absolute Gasteiger partial charge is 0.494 e. The molecule has 11 heteroatoms. The zero-order valence-corrected chi connectivity index (χ0v) is 31.4. The lowest BCUT2D eigenvalue weighted by atomic mass is 10.1. The molecule has 55 heavy (non-hydrogen) atoms. The summed E-state index contributed by atoms with van der Waals surface area (Å²) in [5, 5.41) is 8.46. The highest BCUT2D eigenvalue weighted by Gasteiger charge is 2.13. The first-order chi connectivity index (χ1) is 26.7. The first-order valence-corrected chi connectivity index (χ1v) is 18.6. The summed E-state index contributed by atoms with van der Waals surface area (Å²) >= 11 is 0. The molecule has 1 atom stereocenters. The van der Waals surface area contributed by atoms with Gasteiger partial charge in [0.15, 0.2) is 0 Å². The van der Waals surface area contributed by atoms with Crippen molar-refractivity contribution in [2.75, 3.05) is 19.8 Å². The number of rotatable bonds is 22. The third-order valence-electron chi connectivity index (χ3n) is 8.52. The number of hydrogen-bond donors (Lipinski definition) is 0. The fourth-order valence-electron chi connectivity index (χ4n) is 5.02. The minimum Gasteiger partial charge on any atom is -0.494 e. The van der Waals surface area contributed by atoms with Crippen molar-refractivity contribution in [3.05, 3.63) is 126 Å². The molecule has 0 saturated carbocycles. The minimum atomic E-state index is -0.570. The monoisotopic (exact) mass is 748 g/mol. The number of nitrogens with zero attached hydrogens (tertiary/aromatic N) is 2. The van der Waals surface area contributed by atoms with Crippen LogP contribution in [0, 0.1) is 5.92 Å². The maximum absolute atomic E-state index is 12.7. The number of ether oxygens (including phenoxy) is 5. The molecule has 11 nitrogen and oxygen atoms in total. The van der Waals surface area contributed by atoms with Gasteiger partial charge in [-0.05, 0) is 110 Å². The van der Waals surface area contributed by atoms with E-state index in [0.717, 1.165) is 56.6 Å². The van der Waals surface area contributed by atoms with E-state index in [4.69, 9.17) is 23.7 Å². The van der Waals surface area contributed by atoms with Crippen molar-refractivity contribution < 1.29 is 42.9 Å². The molecular formula is C44H48N2O9. The van der Waals surface area contributed by atoms with Crippen molar-refractivity contribution in [1.29, 1.82) is 0 Å². The molecule has 0 radical (unpaired) electrons. The summed E-state index contributed by atoms with van der Waals surface area (Å²) in [5.41, 5.74) is 2.87. The Labute approximate surface area is 322 Å². The summed E-state index contributed by atoms with van der Waals surface area (Å²) in [6.07, 6.45) is 8.60. The molecule has 0 amide bonds. The van der Waals surface area contributed by atoms with Crippen LogP contribution in [0.15, 0.2) is 120 Å². The van der Waals surface area contributed by atoms with Crippen molar-refractivity contribution in [1.82, 2.24) is 0 Å². The SMILES string of the molecule is C=CC(=O)OCCc1ccc(N=Nc2ccc(OC(=O)c3ccc(OC(=O)c4ccc(OCCCCCCCCOC(=O)C(C)CC)cc4)cc3)cc2)cc1. The van der Waals surface area contributed by atoms with Gasteiger partial charge < -0.3 is 23.7 Å². The summed E-state index contributed by atoms with van der Waals surface area (Å²) < 4.78 is 27.1. The van der Waals surface area contributed by atoms with E-state index in [1.54, 1.807) is 48.5 Å². The number of esters is 4. The van der Waals surface area contributed by atoms with Crippen LogP contribution >= 0.6 is 0 Å². The second kappa shape index (κ2) is 22.9. The van der Waals surface area contributed by atoms with E-state index in [-0.39, 0.29) is 29.8 Å². The van der Waals surface area contributed by atoms with Gasteiger partial charge in [-0.2, -0.15) is 10.2 Å². The highest BCUT2D eigenvalue weighted by molar-refractivity contribution is 5.92. The maximum Gasteiger partial charge on any atom is 0.343 e. The van der Waals surface area contributed by atoms with Gasteiger partial charge in [0, 0.05) is 12.5 Å². The van der Waals surface area contributed by atoms with Gasteiger partial charge in [0.2, 0.25) is 0 Å². The Hall–Kier alpha value is -6.10. The van der Waals surface area contributed by atoms with Crippen molar-refractivity contribution in [3.63, 3.8) is 0 Å². The number of carbonyl (C=O) groups excluding carboxylic acids is 4. The molecule has 0 aliphatic heterocycles. The molecule has 0 fully saturated rings. The molecule has 4 aromatic rings. The van der Waals surface area contributed by atoms with E-state index < -0.39 is 17.9 Å². The molecule has 4 rings (SSSR count). The molecule has 0 bridgehead atoms. The van der Waals surface area contributed by atoms with Gasteiger partial charge in [-0.15, -0.1) is 0 Å². The lowest BCUT2D eigenvalue weighted by Crippen LogP contribution is -2.14. The Balaban J connectivity index is 1.12. The van der Waals surface area contributed by atoms with Crippen LogP contribution in [0.25, 0.3) is 0 Å². The topological polar surface area (TPSA) is 139 Å². The lowest BCUT2D eigenvalue weighted by Gasteiger charge is -2.09. The average Bonchev–Trinajstić information content (AvgIpc) is 3.21. The van der Waals surface area contributed by atoms with Gasteiger partial charge in [-0.25, -0.2) is 14.4 Å². The molecule has 0 spiro atoms. The molecule has 288 valence electrons. The summed E-state index contributed by atoms with van der Waals surface area (Å²) in [7, 11) is 0. The van der Waals surface area contributed by atoms with Crippen molar-refractivity contribution >= 4 is 35.3 Å². The fourth-order valence-corrected chi connectivity index (χ4v) is 5.02. The maximum atomic E-state index is 12.7. The number of carbonyl (C=O) groups is 4. The Morgan fingerprint density at radius 3 is 1.60 bits per heavy atom. The van der Waals surface area contributed by atoms with Crippen molar-refractivity contribution in [2.45, 2.75) is 65.2 Å². The van der Waals surface area contributed by atoms with Gasteiger partial charge in [-0.3, -0.25) is 4.79 Å².